The van der Waals surface area contributed by atoms with Crippen LogP contribution in [0.2, 0.25) is 5.02 Å². The molecule has 8 rings (SSSR count). The number of benzene rings is 2. The number of aromatic nitrogens is 5. The molecule has 2 aromatic carbocycles. The molecule has 1 aliphatic carbocycles. The van der Waals surface area contributed by atoms with Gasteiger partial charge in [0.15, 0.2) is 11.5 Å². The average molecular weight is 762 g/mol. The van der Waals surface area contributed by atoms with Gasteiger partial charge in [-0.3, -0.25) is 19.1 Å². The van der Waals surface area contributed by atoms with Crippen LogP contribution >= 0.6 is 11.6 Å². The topological polar surface area (TPSA) is 154 Å². The highest BCUT2D eigenvalue weighted by Crippen LogP contribution is 2.32. The van der Waals surface area contributed by atoms with E-state index in [1.165, 1.54) is 16.8 Å². The number of aromatic amines is 1. The normalized spacial score (nSPS) is 20.0. The highest BCUT2D eigenvalue weighted by molar-refractivity contribution is 6.31. The van der Waals surface area contributed by atoms with Gasteiger partial charge in [0.1, 0.15) is 11.8 Å². The fourth-order valence-corrected chi connectivity index (χ4v) is 8.66. The van der Waals surface area contributed by atoms with Gasteiger partial charge in [-0.15, -0.1) is 10.2 Å². The van der Waals surface area contributed by atoms with Crippen LogP contribution in [-0.2, 0) is 0 Å². The fraction of sp³-hybridized carbons (Fsp3) is 0.415. The first-order chi connectivity index (χ1) is 26.8. The molecule has 0 spiro atoms. The predicted molar refractivity (Wildman–Crippen MR) is 210 cm³/mol. The van der Waals surface area contributed by atoms with Crippen molar-refractivity contribution < 1.29 is 9.53 Å². The molecule has 0 atom stereocenters. The zero-order valence-corrected chi connectivity index (χ0v) is 31.3. The maximum atomic E-state index is 13.0. The molecule has 14 heteroatoms. The summed E-state index contributed by atoms with van der Waals surface area (Å²) in [5, 5.41) is 22.3. The molecule has 1 amide bonds. The van der Waals surface area contributed by atoms with Crippen molar-refractivity contribution in [2.45, 2.75) is 69.6 Å². The lowest BCUT2D eigenvalue weighted by atomic mass is 9.92. The third kappa shape index (κ3) is 8.16. The van der Waals surface area contributed by atoms with Crippen molar-refractivity contribution in [3.05, 3.63) is 110 Å². The van der Waals surface area contributed by atoms with Crippen LogP contribution in [-0.4, -0.2) is 80.0 Å². The third-order valence-electron chi connectivity index (χ3n) is 11.5. The molecular weight excluding hydrogens is 718 g/mol. The van der Waals surface area contributed by atoms with Crippen LogP contribution in [0.3, 0.4) is 0 Å². The number of ether oxygens (including phenoxy) is 1. The second kappa shape index (κ2) is 16.1. The number of carbonyl (C=O) groups is 1. The van der Waals surface area contributed by atoms with Crippen molar-refractivity contribution in [2.75, 3.05) is 37.6 Å². The van der Waals surface area contributed by atoms with E-state index in [0.29, 0.717) is 34.0 Å². The molecule has 2 aliphatic heterocycles. The number of nitrogens with zero attached hydrogens (tertiary/aromatic N) is 7. The van der Waals surface area contributed by atoms with E-state index in [1.807, 2.05) is 18.2 Å². The Bertz CT molecular complexity index is 2310. The van der Waals surface area contributed by atoms with Crippen molar-refractivity contribution in [1.82, 2.24) is 34.5 Å². The fourth-order valence-electron chi connectivity index (χ4n) is 8.45. The van der Waals surface area contributed by atoms with E-state index in [0.717, 1.165) is 106 Å². The molecule has 0 bridgehead atoms. The van der Waals surface area contributed by atoms with E-state index in [1.54, 1.807) is 24.3 Å². The lowest BCUT2D eigenvalue weighted by molar-refractivity contribution is 0.0888. The number of nitriles is 1. The number of rotatable bonds is 9. The van der Waals surface area contributed by atoms with Gasteiger partial charge < -0.3 is 24.4 Å². The smallest absolute Gasteiger partial charge is 0.332 e. The first-order valence-corrected chi connectivity index (χ1v) is 19.6. The van der Waals surface area contributed by atoms with Crippen molar-refractivity contribution >= 4 is 34.2 Å². The van der Waals surface area contributed by atoms with Crippen molar-refractivity contribution in [2.24, 2.45) is 5.92 Å². The predicted octanol–water partition coefficient (Wildman–Crippen LogP) is 5.47. The monoisotopic (exact) mass is 761 g/mol. The van der Waals surface area contributed by atoms with E-state index in [-0.39, 0.29) is 18.1 Å². The quantitative estimate of drug-likeness (QED) is 0.199. The summed E-state index contributed by atoms with van der Waals surface area (Å²) < 4.78 is 9.93. The van der Waals surface area contributed by atoms with Crippen LogP contribution < -0.4 is 26.2 Å². The summed E-state index contributed by atoms with van der Waals surface area (Å²) in [5.41, 5.74) is 1.76. The Balaban J connectivity index is 0.769. The zero-order valence-electron chi connectivity index (χ0n) is 30.6. The van der Waals surface area contributed by atoms with Gasteiger partial charge in [-0.05, 0) is 99.7 Å². The minimum absolute atomic E-state index is 0.0335. The molecule has 13 nitrogen and oxygen atoms in total. The maximum Gasteiger partial charge on any atom is 0.332 e. The number of halogens is 1. The Morgan fingerprint density at radius 2 is 1.71 bits per heavy atom. The van der Waals surface area contributed by atoms with E-state index in [9.17, 15) is 14.4 Å². The Kier molecular flexibility index (Phi) is 10.7. The molecule has 3 aliphatic rings. The summed E-state index contributed by atoms with van der Waals surface area (Å²) in [6.45, 7) is 5.01. The van der Waals surface area contributed by atoms with Crippen LogP contribution in [0.15, 0.2) is 82.6 Å². The number of fused-ring (bicyclic) bond motifs is 1. The number of hydrogen-bond acceptors (Lipinski definition) is 9. The number of hydrogen-bond donors (Lipinski definition) is 2. The second-order valence-electron chi connectivity index (χ2n) is 15.0. The molecule has 2 saturated heterocycles. The van der Waals surface area contributed by atoms with Gasteiger partial charge in [-0.2, -0.15) is 5.26 Å². The molecule has 0 unspecified atom stereocenters. The Hall–Kier alpha value is -5.45. The SMILES string of the molecule is N#Cc1ccc(O[C@H]2CC[C@H](NC(=O)c3ccc(N4CCC(CN5CCC(n6ccc7c(-n8ccc(=O)[nH]c8=O)cccc76)CC5)CC4)nn3)CC2)cc1Cl. The van der Waals surface area contributed by atoms with Crippen molar-refractivity contribution in [3.63, 3.8) is 0 Å². The molecule has 5 heterocycles. The van der Waals surface area contributed by atoms with Gasteiger partial charge in [0.2, 0.25) is 0 Å². The van der Waals surface area contributed by atoms with E-state index >= 15 is 0 Å². The van der Waals surface area contributed by atoms with Gasteiger partial charge in [0.05, 0.1) is 27.9 Å². The highest BCUT2D eigenvalue weighted by atomic mass is 35.5. The van der Waals surface area contributed by atoms with Gasteiger partial charge in [0, 0.05) is 74.7 Å². The van der Waals surface area contributed by atoms with Crippen LogP contribution in [0.4, 0.5) is 5.82 Å². The summed E-state index contributed by atoms with van der Waals surface area (Å²) in [4.78, 5) is 44.3. The minimum atomic E-state index is -0.440. The molecule has 3 aromatic heterocycles. The number of piperidine rings is 2. The summed E-state index contributed by atoms with van der Waals surface area (Å²) in [6.07, 6.45) is 11.2. The number of amides is 1. The van der Waals surface area contributed by atoms with Crippen LogP contribution in [0.5, 0.6) is 5.75 Å². The van der Waals surface area contributed by atoms with E-state index < -0.39 is 11.2 Å². The number of anilines is 1. The van der Waals surface area contributed by atoms with E-state index in [2.05, 4.69) is 59.3 Å². The molecule has 1 saturated carbocycles. The van der Waals surface area contributed by atoms with Crippen LogP contribution in [0, 0.1) is 17.2 Å². The maximum absolute atomic E-state index is 13.0. The molecule has 3 fully saturated rings. The first-order valence-electron chi connectivity index (χ1n) is 19.2. The first kappa shape index (κ1) is 36.5. The Morgan fingerprint density at radius 3 is 2.42 bits per heavy atom. The van der Waals surface area contributed by atoms with Gasteiger partial charge >= 0.3 is 5.69 Å². The summed E-state index contributed by atoms with van der Waals surface area (Å²) in [7, 11) is 0. The summed E-state index contributed by atoms with van der Waals surface area (Å²) in [6, 6.07) is 20.7. The highest BCUT2D eigenvalue weighted by Gasteiger charge is 2.28. The van der Waals surface area contributed by atoms with Crippen molar-refractivity contribution in [3.8, 4) is 17.5 Å². The Labute approximate surface area is 323 Å². The number of carbonyl (C=O) groups excluding carboxylic acids is 1. The minimum Gasteiger partial charge on any atom is -0.490 e. The molecule has 55 heavy (non-hydrogen) atoms. The molecular formula is C41H44ClN9O4. The van der Waals surface area contributed by atoms with Crippen molar-refractivity contribution in [1.29, 1.82) is 5.26 Å². The van der Waals surface area contributed by atoms with Gasteiger partial charge in [-0.25, -0.2) is 4.79 Å². The molecule has 2 N–H and O–H groups in total. The summed E-state index contributed by atoms with van der Waals surface area (Å²) >= 11 is 6.15. The van der Waals surface area contributed by atoms with Gasteiger partial charge in [0.25, 0.3) is 11.5 Å². The van der Waals surface area contributed by atoms with Gasteiger partial charge in [-0.1, -0.05) is 17.7 Å². The largest absolute Gasteiger partial charge is 0.490 e. The standard InChI is InChI=1S/C41H44ClN9O4/c42-34-24-32(7-4-28(34)25-43)55-31-8-5-29(6-9-31)44-40(53)35-10-11-38(47-46-35)49-20-12-27(13-21-49)26-48-18-14-30(15-19-48)50-22-16-33-36(50)2-1-3-37(33)51-23-17-39(52)45-41(51)54/h1-4,7,10-11,16-17,22-24,27,29-31H,5-6,8-9,12-15,18-21,26H2,(H,44,53)(H,45,52,54)/t29-,31-. The average Bonchev–Trinajstić information content (AvgIpc) is 3.64. The van der Waals surface area contributed by atoms with Crippen LogP contribution in [0.25, 0.3) is 16.6 Å². The third-order valence-corrected chi connectivity index (χ3v) is 11.8. The molecule has 0 radical (unpaired) electrons. The van der Waals surface area contributed by atoms with Crippen LogP contribution in [0.1, 0.15) is 73.5 Å². The number of nitrogens with one attached hydrogen (secondary N) is 2. The number of H-pyrrole nitrogens is 1. The van der Waals surface area contributed by atoms with E-state index in [4.69, 9.17) is 21.6 Å². The number of likely N-dealkylation sites (tertiary alicyclic amines) is 1. The Morgan fingerprint density at radius 1 is 0.909 bits per heavy atom. The second-order valence-corrected chi connectivity index (χ2v) is 15.4. The summed E-state index contributed by atoms with van der Waals surface area (Å²) in [5.74, 6) is 1.88. The molecule has 284 valence electrons. The lowest BCUT2D eigenvalue weighted by Crippen LogP contribution is -2.42. The lowest BCUT2D eigenvalue weighted by Gasteiger charge is -2.38. The molecule has 5 aromatic rings. The zero-order chi connectivity index (χ0) is 37.9.